The number of unbranched alkanes of at least 4 members (excludes halogenated alkanes) is 1. The molecule has 0 aromatic carbocycles. The Labute approximate surface area is 72.2 Å². The van der Waals surface area contributed by atoms with Crippen LogP contribution in [0.5, 0.6) is 0 Å². The van der Waals surface area contributed by atoms with Crippen molar-refractivity contribution in [2.75, 3.05) is 0 Å². The van der Waals surface area contributed by atoms with Crippen LogP contribution in [0.4, 0.5) is 0 Å². The maximum atomic E-state index is 4.13. The molecule has 1 aromatic rings. The third-order valence-electron chi connectivity index (χ3n) is 1.70. The van der Waals surface area contributed by atoms with Crippen LogP contribution in [-0.2, 0) is 13.5 Å². The Kier molecular flexibility index (Phi) is 2.93. The summed E-state index contributed by atoms with van der Waals surface area (Å²) in [4.78, 5) is 0. The maximum absolute atomic E-state index is 4.13. The number of aromatic nitrogens is 3. The van der Waals surface area contributed by atoms with Gasteiger partial charge in [0, 0.05) is 13.5 Å². The molecule has 3 nitrogen and oxygen atoms in total. The lowest BCUT2D eigenvalue weighted by molar-refractivity contribution is 0.688. The summed E-state index contributed by atoms with van der Waals surface area (Å²) in [5.74, 6) is 1.02. The summed E-state index contributed by atoms with van der Waals surface area (Å²) in [5.41, 5.74) is 0. The summed E-state index contributed by atoms with van der Waals surface area (Å²) in [6.45, 7) is 2.16. The van der Waals surface area contributed by atoms with E-state index in [0.29, 0.717) is 5.16 Å². The average molecular weight is 171 g/mol. The minimum atomic E-state index is 0.691. The summed E-state index contributed by atoms with van der Waals surface area (Å²) in [7, 11) is 1.94. The first-order valence-corrected chi connectivity index (χ1v) is 4.27. The van der Waals surface area contributed by atoms with Gasteiger partial charge in [0.25, 0.3) is 0 Å². The maximum Gasteiger partial charge on any atom is 0.187 e. The molecule has 62 valence electrons. The number of aryl methyl sites for hydroxylation is 1. The highest BCUT2D eigenvalue weighted by Gasteiger charge is 2.02. The Balaban J connectivity index is 2.63. The molecule has 0 radical (unpaired) electrons. The molecule has 1 aromatic heterocycles. The topological polar surface area (TPSA) is 30.7 Å². The molecular formula is C7H13N3S. The monoisotopic (exact) mass is 171 g/mol. The van der Waals surface area contributed by atoms with Gasteiger partial charge in [0.1, 0.15) is 5.82 Å². The van der Waals surface area contributed by atoms with E-state index in [1.165, 1.54) is 12.8 Å². The van der Waals surface area contributed by atoms with Gasteiger partial charge in [-0.05, 0) is 6.42 Å². The third kappa shape index (κ3) is 1.96. The van der Waals surface area contributed by atoms with Gasteiger partial charge in [-0.25, -0.2) is 0 Å². The van der Waals surface area contributed by atoms with Crippen LogP contribution in [0, 0.1) is 0 Å². The number of hydrogen-bond donors (Lipinski definition) is 1. The van der Waals surface area contributed by atoms with Gasteiger partial charge in [-0.2, -0.15) is 0 Å². The van der Waals surface area contributed by atoms with E-state index >= 15 is 0 Å². The summed E-state index contributed by atoms with van der Waals surface area (Å²) in [6, 6.07) is 0. The van der Waals surface area contributed by atoms with Crippen LogP contribution in [0.3, 0.4) is 0 Å². The van der Waals surface area contributed by atoms with Crippen LogP contribution in [0.25, 0.3) is 0 Å². The minimum Gasteiger partial charge on any atom is -0.309 e. The number of hydrogen-bond acceptors (Lipinski definition) is 3. The van der Waals surface area contributed by atoms with Gasteiger partial charge in [-0.1, -0.05) is 13.3 Å². The standard InChI is InChI=1S/C7H13N3S/c1-3-4-5-6-8-9-7(11)10(6)2/h3-5H2,1-2H3,(H,9,11). The van der Waals surface area contributed by atoms with E-state index in [1.807, 2.05) is 11.6 Å². The van der Waals surface area contributed by atoms with E-state index in [4.69, 9.17) is 0 Å². The molecule has 0 amide bonds. The van der Waals surface area contributed by atoms with Crippen molar-refractivity contribution in [1.29, 1.82) is 0 Å². The van der Waals surface area contributed by atoms with Gasteiger partial charge in [-0.3, -0.25) is 0 Å². The van der Waals surface area contributed by atoms with Crippen LogP contribution in [-0.4, -0.2) is 14.8 Å². The first kappa shape index (κ1) is 8.59. The van der Waals surface area contributed by atoms with Crippen molar-refractivity contribution in [3.63, 3.8) is 0 Å². The van der Waals surface area contributed by atoms with Crippen molar-refractivity contribution in [3.05, 3.63) is 5.82 Å². The highest BCUT2D eigenvalue weighted by molar-refractivity contribution is 7.80. The molecule has 0 unspecified atom stereocenters. The Bertz CT molecular complexity index is 232. The highest BCUT2D eigenvalue weighted by Crippen LogP contribution is 2.05. The van der Waals surface area contributed by atoms with Crippen molar-refractivity contribution in [1.82, 2.24) is 14.8 Å². The second-order valence-electron chi connectivity index (χ2n) is 2.58. The Morgan fingerprint density at radius 2 is 2.18 bits per heavy atom. The first-order chi connectivity index (χ1) is 5.25. The fraction of sp³-hybridized carbons (Fsp3) is 0.714. The second kappa shape index (κ2) is 3.76. The third-order valence-corrected chi connectivity index (χ3v) is 2.09. The minimum absolute atomic E-state index is 0.691. The smallest absolute Gasteiger partial charge is 0.187 e. The molecule has 4 heteroatoms. The predicted octanol–water partition coefficient (Wildman–Crippen LogP) is 1.45. The molecule has 11 heavy (non-hydrogen) atoms. The second-order valence-corrected chi connectivity index (χ2v) is 2.98. The van der Waals surface area contributed by atoms with Crippen molar-refractivity contribution < 1.29 is 0 Å². The highest BCUT2D eigenvalue weighted by atomic mass is 32.1. The van der Waals surface area contributed by atoms with E-state index in [1.54, 1.807) is 0 Å². The van der Waals surface area contributed by atoms with E-state index < -0.39 is 0 Å². The molecule has 0 aliphatic rings. The average Bonchev–Trinajstić information content (AvgIpc) is 2.31. The lowest BCUT2D eigenvalue weighted by atomic mass is 10.2. The summed E-state index contributed by atoms with van der Waals surface area (Å²) in [6.07, 6.45) is 3.36. The summed E-state index contributed by atoms with van der Waals surface area (Å²) < 4.78 is 1.92. The van der Waals surface area contributed by atoms with Crippen molar-refractivity contribution >= 4 is 12.6 Å². The Morgan fingerprint density at radius 3 is 2.64 bits per heavy atom. The fourth-order valence-corrected chi connectivity index (χ4v) is 1.06. The zero-order valence-corrected chi connectivity index (χ0v) is 7.80. The zero-order valence-electron chi connectivity index (χ0n) is 6.91. The molecule has 0 N–H and O–H groups in total. The summed E-state index contributed by atoms with van der Waals surface area (Å²) >= 11 is 4.13. The number of thiol groups is 1. The van der Waals surface area contributed by atoms with Crippen molar-refractivity contribution in [2.45, 2.75) is 31.3 Å². The summed E-state index contributed by atoms with van der Waals surface area (Å²) in [5, 5.41) is 8.53. The molecule has 0 saturated heterocycles. The fourth-order valence-electron chi connectivity index (χ4n) is 0.905. The lowest BCUT2D eigenvalue weighted by Gasteiger charge is -1.98. The lowest BCUT2D eigenvalue weighted by Crippen LogP contribution is -1.97. The van der Waals surface area contributed by atoms with Gasteiger partial charge in [0.2, 0.25) is 0 Å². The van der Waals surface area contributed by atoms with E-state index in [2.05, 4.69) is 29.7 Å². The largest absolute Gasteiger partial charge is 0.309 e. The van der Waals surface area contributed by atoms with Crippen LogP contribution in [0.1, 0.15) is 25.6 Å². The van der Waals surface area contributed by atoms with Crippen molar-refractivity contribution in [2.24, 2.45) is 7.05 Å². The molecule has 0 saturated carbocycles. The van der Waals surface area contributed by atoms with Crippen LogP contribution >= 0.6 is 12.6 Å². The molecule has 1 rings (SSSR count). The molecule has 0 aliphatic heterocycles. The quantitative estimate of drug-likeness (QED) is 0.698. The van der Waals surface area contributed by atoms with Crippen LogP contribution < -0.4 is 0 Å². The van der Waals surface area contributed by atoms with Gasteiger partial charge >= 0.3 is 0 Å². The molecule has 0 aliphatic carbocycles. The number of nitrogens with zero attached hydrogens (tertiary/aromatic N) is 3. The predicted molar refractivity (Wildman–Crippen MR) is 46.9 cm³/mol. The van der Waals surface area contributed by atoms with E-state index in [9.17, 15) is 0 Å². The van der Waals surface area contributed by atoms with E-state index in [-0.39, 0.29) is 0 Å². The van der Waals surface area contributed by atoms with Gasteiger partial charge in [0.05, 0.1) is 0 Å². The van der Waals surface area contributed by atoms with Crippen LogP contribution in [0.15, 0.2) is 5.16 Å². The molecule has 0 atom stereocenters. The molecule has 1 heterocycles. The zero-order chi connectivity index (χ0) is 8.27. The molecular weight excluding hydrogens is 158 g/mol. The van der Waals surface area contributed by atoms with Crippen molar-refractivity contribution in [3.8, 4) is 0 Å². The SMILES string of the molecule is CCCCc1nnc(S)n1C. The van der Waals surface area contributed by atoms with Gasteiger partial charge < -0.3 is 4.57 Å². The van der Waals surface area contributed by atoms with E-state index in [0.717, 1.165) is 12.2 Å². The molecule has 0 fully saturated rings. The van der Waals surface area contributed by atoms with Crippen LogP contribution in [0.2, 0.25) is 0 Å². The molecule has 0 spiro atoms. The van der Waals surface area contributed by atoms with Gasteiger partial charge in [-0.15, -0.1) is 22.8 Å². The molecule has 0 bridgehead atoms. The van der Waals surface area contributed by atoms with Gasteiger partial charge in [0.15, 0.2) is 5.16 Å². The Hall–Kier alpha value is -0.510. The first-order valence-electron chi connectivity index (χ1n) is 3.83. The normalized spacial score (nSPS) is 10.5. The number of rotatable bonds is 3. The Morgan fingerprint density at radius 1 is 1.45 bits per heavy atom.